The van der Waals surface area contributed by atoms with Crippen LogP contribution in [-0.4, -0.2) is 26.1 Å². The third-order valence-corrected chi connectivity index (χ3v) is 3.90. The Morgan fingerprint density at radius 3 is 2.78 bits per heavy atom. The zero-order valence-electron chi connectivity index (χ0n) is 13.4. The average Bonchev–Trinajstić information content (AvgIpc) is 2.56. The summed E-state index contributed by atoms with van der Waals surface area (Å²) in [6.07, 6.45) is 0.763. The molecule has 0 saturated heterocycles. The predicted octanol–water partition coefficient (Wildman–Crippen LogP) is 3.43. The highest BCUT2D eigenvalue weighted by atomic mass is 35.5. The number of hydrogen-bond donors (Lipinski definition) is 2. The third kappa shape index (κ3) is 5.49. The second-order valence-corrected chi connectivity index (χ2v) is 5.68. The van der Waals surface area contributed by atoms with Crippen molar-refractivity contribution >= 4 is 23.2 Å². The van der Waals surface area contributed by atoms with E-state index in [1.54, 1.807) is 7.11 Å². The molecule has 2 N–H and O–H groups in total. The summed E-state index contributed by atoms with van der Waals surface area (Å²) >= 11 is 6.05. The van der Waals surface area contributed by atoms with Gasteiger partial charge in [0.15, 0.2) is 0 Å². The number of methoxy groups -OCH3 is 1. The number of rotatable bonds is 7. The molecule has 0 bridgehead atoms. The normalized spacial score (nSPS) is 10.2. The van der Waals surface area contributed by atoms with Gasteiger partial charge < -0.3 is 15.4 Å². The number of carbonyl (C=O) groups is 1. The standard InChI is InChI=1S/C18H21ClN2O2/c1-13-6-7-15(11-17(13)19)21-12-18(22)20-9-8-14-4-3-5-16(10-14)23-2/h3-7,10-11,21H,8-9,12H2,1-2H3,(H,20,22). The van der Waals surface area contributed by atoms with Crippen LogP contribution in [-0.2, 0) is 11.2 Å². The number of halogens is 1. The molecule has 0 radical (unpaired) electrons. The van der Waals surface area contributed by atoms with Gasteiger partial charge in [-0.25, -0.2) is 0 Å². The molecule has 4 nitrogen and oxygen atoms in total. The molecule has 0 aliphatic carbocycles. The number of ether oxygens (including phenoxy) is 1. The Kier molecular flexibility index (Phi) is 6.29. The Balaban J connectivity index is 1.73. The SMILES string of the molecule is COc1cccc(CCNC(=O)CNc2ccc(C)c(Cl)c2)c1. The highest BCUT2D eigenvalue weighted by Crippen LogP contribution is 2.19. The second-order valence-electron chi connectivity index (χ2n) is 5.27. The maximum absolute atomic E-state index is 11.9. The Morgan fingerprint density at radius 1 is 1.22 bits per heavy atom. The van der Waals surface area contributed by atoms with E-state index in [1.807, 2.05) is 49.4 Å². The highest BCUT2D eigenvalue weighted by Gasteiger charge is 2.03. The molecule has 2 aromatic carbocycles. The van der Waals surface area contributed by atoms with Crippen molar-refractivity contribution in [1.82, 2.24) is 5.32 Å². The molecule has 0 saturated carbocycles. The van der Waals surface area contributed by atoms with Gasteiger partial charge in [0.25, 0.3) is 0 Å². The topological polar surface area (TPSA) is 50.4 Å². The highest BCUT2D eigenvalue weighted by molar-refractivity contribution is 6.31. The molecule has 0 heterocycles. The van der Waals surface area contributed by atoms with Crippen LogP contribution >= 0.6 is 11.6 Å². The number of amides is 1. The molecule has 5 heteroatoms. The Labute approximate surface area is 141 Å². The fourth-order valence-electron chi connectivity index (χ4n) is 2.12. The van der Waals surface area contributed by atoms with Crippen LogP contribution in [0.15, 0.2) is 42.5 Å². The van der Waals surface area contributed by atoms with Gasteiger partial charge in [0.2, 0.25) is 5.91 Å². The lowest BCUT2D eigenvalue weighted by Crippen LogP contribution is -2.31. The monoisotopic (exact) mass is 332 g/mol. The molecule has 0 aliphatic heterocycles. The molecule has 0 unspecified atom stereocenters. The summed E-state index contributed by atoms with van der Waals surface area (Å²) in [4.78, 5) is 11.9. The predicted molar refractivity (Wildman–Crippen MR) is 94.4 cm³/mol. The minimum atomic E-state index is -0.0513. The van der Waals surface area contributed by atoms with Crippen molar-refractivity contribution in [3.63, 3.8) is 0 Å². The summed E-state index contributed by atoms with van der Waals surface area (Å²) in [5, 5.41) is 6.64. The molecule has 1 amide bonds. The van der Waals surface area contributed by atoms with Crippen LogP contribution in [0.2, 0.25) is 5.02 Å². The van der Waals surface area contributed by atoms with Crippen LogP contribution in [0.1, 0.15) is 11.1 Å². The van der Waals surface area contributed by atoms with Gasteiger partial charge in [-0.05, 0) is 48.7 Å². The van der Waals surface area contributed by atoms with Crippen LogP contribution in [0.4, 0.5) is 5.69 Å². The molecular formula is C18H21ClN2O2. The summed E-state index contributed by atoms with van der Waals surface area (Å²) in [6, 6.07) is 13.5. The first-order valence-electron chi connectivity index (χ1n) is 7.48. The van der Waals surface area contributed by atoms with Gasteiger partial charge in [-0.1, -0.05) is 29.8 Å². The zero-order chi connectivity index (χ0) is 16.7. The molecule has 0 aliphatic rings. The summed E-state index contributed by atoms with van der Waals surface area (Å²) in [6.45, 7) is 2.75. The minimum absolute atomic E-state index is 0.0513. The van der Waals surface area contributed by atoms with E-state index in [4.69, 9.17) is 16.3 Å². The smallest absolute Gasteiger partial charge is 0.239 e. The Morgan fingerprint density at radius 2 is 2.04 bits per heavy atom. The fourth-order valence-corrected chi connectivity index (χ4v) is 2.30. The average molecular weight is 333 g/mol. The lowest BCUT2D eigenvalue weighted by molar-refractivity contribution is -0.119. The van der Waals surface area contributed by atoms with Crippen LogP contribution in [0, 0.1) is 6.92 Å². The van der Waals surface area contributed by atoms with Gasteiger partial charge in [-0.15, -0.1) is 0 Å². The van der Waals surface area contributed by atoms with Gasteiger partial charge in [0, 0.05) is 17.3 Å². The first-order valence-corrected chi connectivity index (χ1v) is 7.86. The second kappa shape index (κ2) is 8.44. The van der Waals surface area contributed by atoms with E-state index < -0.39 is 0 Å². The molecule has 23 heavy (non-hydrogen) atoms. The van der Waals surface area contributed by atoms with Gasteiger partial charge >= 0.3 is 0 Å². The van der Waals surface area contributed by atoms with Crippen LogP contribution < -0.4 is 15.4 Å². The van der Waals surface area contributed by atoms with Crippen molar-refractivity contribution in [3.8, 4) is 5.75 Å². The molecular weight excluding hydrogens is 312 g/mol. The minimum Gasteiger partial charge on any atom is -0.497 e. The van der Waals surface area contributed by atoms with Gasteiger partial charge in [-0.2, -0.15) is 0 Å². The van der Waals surface area contributed by atoms with Gasteiger partial charge in [0.1, 0.15) is 5.75 Å². The van der Waals surface area contributed by atoms with E-state index in [0.29, 0.717) is 11.6 Å². The fraction of sp³-hybridized carbons (Fsp3) is 0.278. The molecule has 0 aromatic heterocycles. The van der Waals surface area contributed by atoms with Crippen molar-refractivity contribution in [1.29, 1.82) is 0 Å². The van der Waals surface area contributed by atoms with Crippen LogP contribution in [0.25, 0.3) is 0 Å². The molecule has 2 rings (SSSR count). The number of aryl methyl sites for hydroxylation is 1. The van der Waals surface area contributed by atoms with Crippen molar-refractivity contribution < 1.29 is 9.53 Å². The Bertz CT molecular complexity index is 674. The molecule has 122 valence electrons. The number of hydrogen-bond acceptors (Lipinski definition) is 3. The number of benzene rings is 2. The number of carbonyl (C=O) groups excluding carboxylic acids is 1. The van der Waals surface area contributed by atoms with Crippen molar-refractivity contribution in [3.05, 3.63) is 58.6 Å². The molecule has 0 spiro atoms. The summed E-state index contributed by atoms with van der Waals surface area (Å²) in [5.41, 5.74) is 2.98. The van der Waals surface area contributed by atoms with E-state index in [9.17, 15) is 4.79 Å². The Hall–Kier alpha value is -2.20. The van der Waals surface area contributed by atoms with Crippen molar-refractivity contribution in [2.75, 3.05) is 25.5 Å². The maximum Gasteiger partial charge on any atom is 0.239 e. The number of anilines is 1. The van der Waals surface area contributed by atoms with E-state index in [1.165, 1.54) is 0 Å². The summed E-state index contributed by atoms with van der Waals surface area (Å²) in [7, 11) is 1.64. The van der Waals surface area contributed by atoms with E-state index in [0.717, 1.165) is 29.0 Å². The first-order chi connectivity index (χ1) is 11.1. The third-order valence-electron chi connectivity index (χ3n) is 3.49. The lowest BCUT2D eigenvalue weighted by atomic mass is 10.1. The largest absolute Gasteiger partial charge is 0.497 e. The van der Waals surface area contributed by atoms with E-state index >= 15 is 0 Å². The maximum atomic E-state index is 11.9. The summed E-state index contributed by atoms with van der Waals surface area (Å²) < 4.78 is 5.18. The lowest BCUT2D eigenvalue weighted by Gasteiger charge is -2.09. The van der Waals surface area contributed by atoms with Crippen molar-refractivity contribution in [2.45, 2.75) is 13.3 Å². The van der Waals surface area contributed by atoms with Crippen LogP contribution in [0.5, 0.6) is 5.75 Å². The van der Waals surface area contributed by atoms with E-state index in [2.05, 4.69) is 10.6 Å². The van der Waals surface area contributed by atoms with Crippen molar-refractivity contribution in [2.24, 2.45) is 0 Å². The summed E-state index contributed by atoms with van der Waals surface area (Å²) in [5.74, 6) is 0.774. The van der Waals surface area contributed by atoms with Gasteiger partial charge in [0.05, 0.1) is 13.7 Å². The van der Waals surface area contributed by atoms with Crippen LogP contribution in [0.3, 0.4) is 0 Å². The zero-order valence-corrected chi connectivity index (χ0v) is 14.1. The molecule has 2 aromatic rings. The first kappa shape index (κ1) is 17.2. The van der Waals surface area contributed by atoms with E-state index in [-0.39, 0.29) is 12.5 Å². The molecule has 0 atom stereocenters. The number of nitrogens with one attached hydrogen (secondary N) is 2. The van der Waals surface area contributed by atoms with Gasteiger partial charge in [-0.3, -0.25) is 4.79 Å². The molecule has 0 fully saturated rings. The quantitative estimate of drug-likeness (QED) is 0.816.